The molecule has 1 rings (SSSR count). The van der Waals surface area contributed by atoms with E-state index in [1.165, 1.54) is 0 Å². The van der Waals surface area contributed by atoms with E-state index in [0.29, 0.717) is 25.9 Å². The Morgan fingerprint density at radius 2 is 2.26 bits per heavy atom. The quantitative estimate of drug-likeness (QED) is 0.727. The summed E-state index contributed by atoms with van der Waals surface area (Å²) in [6, 6.07) is -0.146. The predicted molar refractivity (Wildman–Crippen MR) is 69.8 cm³/mol. The molecule has 6 nitrogen and oxygen atoms in total. The number of carbonyl (C=O) groups is 1. The smallest absolute Gasteiger partial charge is 0.220 e. The summed E-state index contributed by atoms with van der Waals surface area (Å²) in [5.74, 6) is 0.699. The van der Waals surface area contributed by atoms with Gasteiger partial charge in [-0.05, 0) is 26.7 Å². The van der Waals surface area contributed by atoms with Gasteiger partial charge in [0.1, 0.15) is 5.76 Å². The van der Waals surface area contributed by atoms with Crippen molar-refractivity contribution in [2.24, 2.45) is 0 Å². The fourth-order valence-electron chi connectivity index (χ4n) is 1.95. The normalized spacial score (nSPS) is 12.4. The molecule has 108 valence electrons. The van der Waals surface area contributed by atoms with Crippen LogP contribution >= 0.6 is 0 Å². The first-order chi connectivity index (χ1) is 9.08. The minimum Gasteiger partial charge on any atom is -0.396 e. The molecule has 1 heterocycles. The molecule has 0 aliphatic heterocycles. The van der Waals surface area contributed by atoms with E-state index in [1.54, 1.807) is 7.11 Å². The van der Waals surface area contributed by atoms with Gasteiger partial charge in [-0.2, -0.15) is 0 Å². The zero-order valence-electron chi connectivity index (χ0n) is 11.7. The monoisotopic (exact) mass is 270 g/mol. The number of aromatic nitrogens is 1. The number of amides is 1. The van der Waals surface area contributed by atoms with Gasteiger partial charge < -0.3 is 19.7 Å². The van der Waals surface area contributed by atoms with E-state index in [2.05, 4.69) is 10.5 Å². The van der Waals surface area contributed by atoms with Crippen LogP contribution in [0.2, 0.25) is 0 Å². The maximum absolute atomic E-state index is 11.8. The number of aryl methyl sites for hydroxylation is 2. The summed E-state index contributed by atoms with van der Waals surface area (Å²) in [5.41, 5.74) is 1.81. The summed E-state index contributed by atoms with van der Waals surface area (Å²) in [6.07, 6.45) is 1.46. The van der Waals surface area contributed by atoms with Gasteiger partial charge in [0.2, 0.25) is 5.91 Å². The summed E-state index contributed by atoms with van der Waals surface area (Å²) in [5, 5.41) is 15.6. The molecule has 0 aliphatic carbocycles. The molecule has 1 aromatic rings. The molecular weight excluding hydrogens is 248 g/mol. The molecule has 0 spiro atoms. The maximum atomic E-state index is 11.8. The van der Waals surface area contributed by atoms with Crippen molar-refractivity contribution in [3.63, 3.8) is 0 Å². The van der Waals surface area contributed by atoms with Gasteiger partial charge in [0.05, 0.1) is 18.3 Å². The van der Waals surface area contributed by atoms with E-state index in [-0.39, 0.29) is 18.6 Å². The van der Waals surface area contributed by atoms with Crippen LogP contribution < -0.4 is 5.32 Å². The lowest BCUT2D eigenvalue weighted by molar-refractivity contribution is -0.122. The number of methoxy groups -OCH3 is 1. The lowest BCUT2D eigenvalue weighted by Crippen LogP contribution is -2.38. The lowest BCUT2D eigenvalue weighted by atomic mass is 10.1. The third-order valence-corrected chi connectivity index (χ3v) is 2.99. The average Bonchev–Trinajstić information content (AvgIpc) is 2.67. The van der Waals surface area contributed by atoms with E-state index in [1.807, 2.05) is 13.8 Å². The van der Waals surface area contributed by atoms with Gasteiger partial charge in [-0.25, -0.2) is 0 Å². The van der Waals surface area contributed by atoms with Crippen LogP contribution in [0.1, 0.15) is 29.9 Å². The van der Waals surface area contributed by atoms with Crippen LogP contribution in [0.15, 0.2) is 4.52 Å². The van der Waals surface area contributed by atoms with Crippen molar-refractivity contribution in [1.82, 2.24) is 10.5 Å². The van der Waals surface area contributed by atoms with Crippen LogP contribution in [-0.2, 0) is 16.0 Å². The number of hydrogen-bond donors (Lipinski definition) is 2. The van der Waals surface area contributed by atoms with E-state index >= 15 is 0 Å². The number of ether oxygens (including phenoxy) is 1. The van der Waals surface area contributed by atoms with Gasteiger partial charge in [-0.3, -0.25) is 4.79 Å². The highest BCUT2D eigenvalue weighted by molar-refractivity contribution is 5.76. The Morgan fingerprint density at radius 1 is 1.53 bits per heavy atom. The molecule has 6 heteroatoms. The molecule has 0 aromatic carbocycles. The van der Waals surface area contributed by atoms with Crippen LogP contribution in [0, 0.1) is 13.8 Å². The van der Waals surface area contributed by atoms with Crippen molar-refractivity contribution >= 4 is 5.91 Å². The third kappa shape index (κ3) is 5.00. The molecule has 1 unspecified atom stereocenters. The van der Waals surface area contributed by atoms with E-state index in [4.69, 9.17) is 14.4 Å². The number of nitrogens with one attached hydrogen (secondary N) is 1. The average molecular weight is 270 g/mol. The van der Waals surface area contributed by atoms with Crippen LogP contribution in [-0.4, -0.2) is 42.5 Å². The van der Waals surface area contributed by atoms with Gasteiger partial charge in [-0.15, -0.1) is 0 Å². The SMILES string of the molecule is COCC(CCO)NC(=O)CCc1c(C)noc1C. The van der Waals surface area contributed by atoms with Crippen molar-refractivity contribution in [3.8, 4) is 0 Å². The molecular formula is C13H22N2O4. The van der Waals surface area contributed by atoms with Gasteiger partial charge in [0, 0.05) is 25.7 Å². The van der Waals surface area contributed by atoms with E-state index in [0.717, 1.165) is 17.0 Å². The number of aliphatic hydroxyl groups is 1. The first-order valence-corrected chi connectivity index (χ1v) is 6.39. The Morgan fingerprint density at radius 3 is 2.79 bits per heavy atom. The Bertz CT molecular complexity index is 378. The minimum absolute atomic E-state index is 0.0260. The third-order valence-electron chi connectivity index (χ3n) is 2.99. The Kier molecular flexibility index (Phi) is 6.52. The highest BCUT2D eigenvalue weighted by Gasteiger charge is 2.14. The van der Waals surface area contributed by atoms with Crippen molar-refractivity contribution in [2.75, 3.05) is 20.3 Å². The Labute approximate surface area is 113 Å². The van der Waals surface area contributed by atoms with Gasteiger partial charge in [0.25, 0.3) is 0 Å². The number of rotatable bonds is 8. The second-order valence-corrected chi connectivity index (χ2v) is 4.53. The minimum atomic E-state index is -0.146. The van der Waals surface area contributed by atoms with Crippen LogP contribution in [0.3, 0.4) is 0 Å². The molecule has 0 fully saturated rings. The zero-order valence-corrected chi connectivity index (χ0v) is 11.7. The van der Waals surface area contributed by atoms with Crippen molar-refractivity contribution < 1.29 is 19.2 Å². The summed E-state index contributed by atoms with van der Waals surface area (Å²) >= 11 is 0. The molecule has 2 N–H and O–H groups in total. The second kappa shape index (κ2) is 7.91. The summed E-state index contributed by atoms with van der Waals surface area (Å²) in [6.45, 7) is 4.13. The number of carbonyl (C=O) groups excluding carboxylic acids is 1. The van der Waals surface area contributed by atoms with E-state index in [9.17, 15) is 4.79 Å². The highest BCUT2D eigenvalue weighted by Crippen LogP contribution is 2.14. The predicted octanol–water partition coefficient (Wildman–Crippen LogP) is 0.738. The molecule has 0 bridgehead atoms. The lowest BCUT2D eigenvalue weighted by Gasteiger charge is -2.16. The number of hydrogen-bond acceptors (Lipinski definition) is 5. The van der Waals surface area contributed by atoms with E-state index < -0.39 is 0 Å². The van der Waals surface area contributed by atoms with Crippen LogP contribution in [0.4, 0.5) is 0 Å². The first-order valence-electron chi connectivity index (χ1n) is 6.39. The van der Waals surface area contributed by atoms with Crippen molar-refractivity contribution in [3.05, 3.63) is 17.0 Å². The molecule has 1 aromatic heterocycles. The summed E-state index contributed by atoms with van der Waals surface area (Å²) in [7, 11) is 1.57. The number of aliphatic hydroxyl groups excluding tert-OH is 1. The fourth-order valence-corrected chi connectivity index (χ4v) is 1.95. The van der Waals surface area contributed by atoms with Gasteiger partial charge >= 0.3 is 0 Å². The highest BCUT2D eigenvalue weighted by atomic mass is 16.5. The molecule has 19 heavy (non-hydrogen) atoms. The zero-order chi connectivity index (χ0) is 14.3. The standard InChI is InChI=1S/C13H22N2O4/c1-9-12(10(2)19-15-9)4-5-13(17)14-11(6-7-16)8-18-3/h11,16H,4-8H2,1-3H3,(H,14,17). The molecule has 0 radical (unpaired) electrons. The largest absolute Gasteiger partial charge is 0.396 e. The molecule has 0 aliphatic rings. The summed E-state index contributed by atoms with van der Waals surface area (Å²) < 4.78 is 10.0. The topological polar surface area (TPSA) is 84.6 Å². The molecule has 1 atom stereocenters. The molecule has 1 amide bonds. The molecule has 0 saturated heterocycles. The van der Waals surface area contributed by atoms with Gasteiger partial charge in [0.15, 0.2) is 0 Å². The second-order valence-electron chi connectivity index (χ2n) is 4.53. The Balaban J connectivity index is 2.42. The van der Waals surface area contributed by atoms with Crippen molar-refractivity contribution in [2.45, 2.75) is 39.2 Å². The van der Waals surface area contributed by atoms with Crippen LogP contribution in [0.5, 0.6) is 0 Å². The van der Waals surface area contributed by atoms with Crippen LogP contribution in [0.25, 0.3) is 0 Å². The van der Waals surface area contributed by atoms with Gasteiger partial charge in [-0.1, -0.05) is 5.16 Å². The first kappa shape index (κ1) is 15.7. The fraction of sp³-hybridized carbons (Fsp3) is 0.692. The molecule has 0 saturated carbocycles. The van der Waals surface area contributed by atoms with Crippen molar-refractivity contribution in [1.29, 1.82) is 0 Å². The Hall–Kier alpha value is -1.40. The number of nitrogens with zero attached hydrogens (tertiary/aromatic N) is 1. The summed E-state index contributed by atoms with van der Waals surface area (Å²) in [4.78, 5) is 11.8. The maximum Gasteiger partial charge on any atom is 0.220 e.